The number of alkyl halides is 4. The van der Waals surface area contributed by atoms with Crippen molar-refractivity contribution >= 4 is 17.5 Å². The predicted octanol–water partition coefficient (Wildman–Crippen LogP) is 5.01. The summed E-state index contributed by atoms with van der Waals surface area (Å²) >= 11 is 5.76. The predicted molar refractivity (Wildman–Crippen MR) is 99.2 cm³/mol. The first-order chi connectivity index (χ1) is 14.0. The number of hydrogen-bond acceptors (Lipinski definition) is 3. The summed E-state index contributed by atoms with van der Waals surface area (Å²) < 4.78 is 67.3. The van der Waals surface area contributed by atoms with Gasteiger partial charge in [0.05, 0.1) is 22.2 Å². The maximum absolute atomic E-state index is 14.5. The molecule has 1 aromatic carbocycles. The maximum atomic E-state index is 14.5. The third-order valence-corrected chi connectivity index (χ3v) is 5.60. The average molecular weight is 449 g/mol. The Morgan fingerprint density at radius 3 is 2.47 bits per heavy atom. The summed E-state index contributed by atoms with van der Waals surface area (Å²) in [7, 11) is 0. The highest BCUT2D eigenvalue weighted by Crippen LogP contribution is 2.41. The van der Waals surface area contributed by atoms with E-state index in [-0.39, 0.29) is 31.2 Å². The van der Waals surface area contributed by atoms with Gasteiger partial charge >= 0.3 is 6.18 Å². The number of halogens is 6. The van der Waals surface area contributed by atoms with Gasteiger partial charge in [0.2, 0.25) is 0 Å². The molecule has 30 heavy (non-hydrogen) atoms. The number of benzene rings is 1. The maximum Gasteiger partial charge on any atom is 0.417 e. The van der Waals surface area contributed by atoms with Crippen molar-refractivity contribution < 1.29 is 31.9 Å². The van der Waals surface area contributed by atoms with Crippen LogP contribution in [0.1, 0.15) is 53.3 Å². The van der Waals surface area contributed by atoms with Crippen LogP contribution >= 0.6 is 11.6 Å². The number of aliphatic hydroxyl groups is 1. The molecule has 1 aliphatic rings. The normalized spacial score (nSPS) is 23.1. The summed E-state index contributed by atoms with van der Waals surface area (Å²) in [4.78, 5) is 16.4. The number of rotatable bonds is 4. The average Bonchev–Trinajstić information content (AvgIpc) is 2.68. The van der Waals surface area contributed by atoms with Crippen molar-refractivity contribution in [2.75, 3.05) is 0 Å². The first-order valence-electron chi connectivity index (χ1n) is 9.16. The lowest BCUT2D eigenvalue weighted by Crippen LogP contribution is -2.49. The van der Waals surface area contributed by atoms with Gasteiger partial charge in [0, 0.05) is 11.8 Å². The first kappa shape index (κ1) is 22.4. The van der Waals surface area contributed by atoms with Crippen LogP contribution in [0.2, 0.25) is 5.02 Å². The van der Waals surface area contributed by atoms with E-state index in [1.54, 1.807) is 0 Å². The monoisotopic (exact) mass is 448 g/mol. The van der Waals surface area contributed by atoms with Crippen LogP contribution in [0.4, 0.5) is 22.0 Å². The first-order valence-corrected chi connectivity index (χ1v) is 9.54. The second-order valence-electron chi connectivity index (χ2n) is 7.23. The van der Waals surface area contributed by atoms with Crippen LogP contribution in [0.15, 0.2) is 36.5 Å². The molecule has 1 amide bonds. The lowest BCUT2D eigenvalue weighted by atomic mass is 9.76. The fourth-order valence-electron chi connectivity index (χ4n) is 3.60. The molecule has 2 aromatic rings. The van der Waals surface area contributed by atoms with E-state index in [1.165, 1.54) is 18.2 Å². The lowest BCUT2D eigenvalue weighted by molar-refractivity contribution is -0.137. The van der Waals surface area contributed by atoms with Crippen molar-refractivity contribution in [2.45, 2.75) is 49.7 Å². The van der Waals surface area contributed by atoms with E-state index in [2.05, 4.69) is 10.3 Å². The van der Waals surface area contributed by atoms with Gasteiger partial charge in [-0.15, -0.1) is 0 Å². The summed E-state index contributed by atoms with van der Waals surface area (Å²) in [5, 5.41) is 12.6. The minimum absolute atomic E-state index is 0.000111. The van der Waals surface area contributed by atoms with Gasteiger partial charge in [-0.05, 0) is 37.8 Å². The molecular formula is C20H18ClF5N2O2. The molecule has 0 radical (unpaired) electrons. The Morgan fingerprint density at radius 1 is 1.23 bits per heavy atom. The van der Waals surface area contributed by atoms with Crippen molar-refractivity contribution in [1.29, 1.82) is 0 Å². The van der Waals surface area contributed by atoms with Crippen LogP contribution in [0.5, 0.6) is 0 Å². The fraction of sp³-hybridized carbons (Fsp3) is 0.400. The summed E-state index contributed by atoms with van der Waals surface area (Å²) in [6, 6.07) is 4.63. The Labute approximate surface area is 174 Å². The van der Waals surface area contributed by atoms with Gasteiger partial charge in [-0.2, -0.15) is 13.2 Å². The minimum Gasteiger partial charge on any atom is -0.387 e. The van der Waals surface area contributed by atoms with Gasteiger partial charge in [-0.3, -0.25) is 4.79 Å². The molecule has 1 aliphatic carbocycles. The third-order valence-electron chi connectivity index (χ3n) is 5.22. The molecule has 0 spiro atoms. The molecule has 4 nitrogen and oxygen atoms in total. The van der Waals surface area contributed by atoms with Gasteiger partial charge in [0.1, 0.15) is 17.7 Å². The Hall–Kier alpha value is -2.26. The number of hydrogen-bond donors (Lipinski definition) is 2. The SMILES string of the molecule is O=C(NC(c1ccccc1F)[C@]1(O)CC[C@H](F)CC1)c1nccc(C(F)(F)F)c1Cl. The zero-order valence-corrected chi connectivity index (χ0v) is 16.3. The van der Waals surface area contributed by atoms with Crippen LogP contribution in [0.3, 0.4) is 0 Å². The molecular weight excluding hydrogens is 431 g/mol. The number of amides is 1. The standard InChI is InChI=1S/C20H18ClF5N2O2/c21-15-13(20(24,25)26)7-10-27-16(15)18(29)28-17(12-3-1-2-4-14(12)23)19(30)8-5-11(22)6-9-19/h1-4,7,10-11,17,30H,5-6,8-9H2,(H,28,29)/t11-,17?,19-. The van der Waals surface area contributed by atoms with E-state index in [0.717, 1.165) is 12.3 Å². The van der Waals surface area contributed by atoms with Gasteiger partial charge in [-0.1, -0.05) is 29.8 Å². The van der Waals surface area contributed by atoms with Gasteiger partial charge < -0.3 is 10.4 Å². The Morgan fingerprint density at radius 2 is 1.87 bits per heavy atom. The Bertz CT molecular complexity index is 930. The number of nitrogens with one attached hydrogen (secondary N) is 1. The van der Waals surface area contributed by atoms with Crippen LogP contribution in [0, 0.1) is 5.82 Å². The smallest absolute Gasteiger partial charge is 0.387 e. The van der Waals surface area contributed by atoms with Gasteiger partial charge in [0.15, 0.2) is 0 Å². The number of carbonyl (C=O) groups is 1. The molecule has 10 heteroatoms. The number of pyridine rings is 1. The molecule has 3 rings (SSSR count). The van der Waals surface area contributed by atoms with E-state index in [1.807, 2.05) is 0 Å². The van der Waals surface area contributed by atoms with Crippen molar-refractivity contribution in [3.8, 4) is 0 Å². The zero-order valence-electron chi connectivity index (χ0n) is 15.5. The van der Waals surface area contributed by atoms with E-state index in [9.17, 15) is 31.9 Å². The number of nitrogens with zero attached hydrogens (tertiary/aromatic N) is 1. The second-order valence-corrected chi connectivity index (χ2v) is 7.60. The van der Waals surface area contributed by atoms with E-state index in [4.69, 9.17) is 11.6 Å². The van der Waals surface area contributed by atoms with Crippen molar-refractivity contribution in [3.63, 3.8) is 0 Å². The van der Waals surface area contributed by atoms with Crippen LogP contribution in [0.25, 0.3) is 0 Å². The van der Waals surface area contributed by atoms with E-state index < -0.39 is 52.0 Å². The van der Waals surface area contributed by atoms with Crippen molar-refractivity contribution in [3.05, 3.63) is 64.2 Å². The molecule has 2 N–H and O–H groups in total. The number of aromatic nitrogens is 1. The van der Waals surface area contributed by atoms with Crippen molar-refractivity contribution in [1.82, 2.24) is 10.3 Å². The largest absolute Gasteiger partial charge is 0.417 e. The number of carbonyl (C=O) groups excluding carboxylic acids is 1. The topological polar surface area (TPSA) is 62.2 Å². The summed E-state index contributed by atoms with van der Waals surface area (Å²) in [6.45, 7) is 0. The molecule has 0 saturated heterocycles. The summed E-state index contributed by atoms with van der Waals surface area (Å²) in [5.74, 6) is -1.85. The van der Waals surface area contributed by atoms with E-state index in [0.29, 0.717) is 6.07 Å². The Kier molecular flexibility index (Phi) is 6.33. The molecule has 0 aliphatic heterocycles. The zero-order chi connectivity index (χ0) is 22.1. The van der Waals surface area contributed by atoms with Gasteiger partial charge in [-0.25, -0.2) is 13.8 Å². The van der Waals surface area contributed by atoms with Gasteiger partial charge in [0.25, 0.3) is 5.91 Å². The molecule has 162 valence electrons. The molecule has 1 unspecified atom stereocenters. The molecule has 1 atom stereocenters. The Balaban J connectivity index is 1.98. The van der Waals surface area contributed by atoms with Crippen molar-refractivity contribution in [2.24, 2.45) is 0 Å². The molecule has 1 aromatic heterocycles. The molecule has 0 bridgehead atoms. The summed E-state index contributed by atoms with van der Waals surface area (Å²) in [6.07, 6.45) is -5.31. The fourth-order valence-corrected chi connectivity index (χ4v) is 3.91. The van der Waals surface area contributed by atoms with Crippen LogP contribution in [-0.2, 0) is 6.18 Å². The highest BCUT2D eigenvalue weighted by Gasteiger charge is 2.44. The highest BCUT2D eigenvalue weighted by atomic mass is 35.5. The van der Waals surface area contributed by atoms with Crippen LogP contribution < -0.4 is 5.32 Å². The lowest BCUT2D eigenvalue weighted by Gasteiger charge is -2.40. The van der Waals surface area contributed by atoms with E-state index >= 15 is 0 Å². The minimum atomic E-state index is -4.81. The second kappa shape index (κ2) is 8.47. The third kappa shape index (κ3) is 4.57. The quantitative estimate of drug-likeness (QED) is 0.646. The summed E-state index contributed by atoms with van der Waals surface area (Å²) in [5.41, 5.74) is -3.73. The highest BCUT2D eigenvalue weighted by molar-refractivity contribution is 6.34. The van der Waals surface area contributed by atoms with Crippen LogP contribution in [-0.4, -0.2) is 27.8 Å². The molecule has 1 saturated carbocycles. The molecule has 1 fully saturated rings. The molecule has 1 heterocycles.